The van der Waals surface area contributed by atoms with Gasteiger partial charge in [-0.15, -0.1) is 11.8 Å². The first-order chi connectivity index (χ1) is 8.60. The number of nitriles is 1. The van der Waals surface area contributed by atoms with Crippen LogP contribution < -0.4 is 0 Å². The van der Waals surface area contributed by atoms with Crippen LogP contribution in [0, 0.1) is 17.1 Å². The zero-order valence-corrected chi connectivity index (χ0v) is 11.3. The first-order valence-electron chi connectivity index (χ1n) is 5.72. The van der Waals surface area contributed by atoms with Crippen molar-refractivity contribution in [2.75, 3.05) is 18.8 Å². The van der Waals surface area contributed by atoms with Crippen LogP contribution in [0.5, 0.6) is 0 Å². The average Bonchev–Trinajstić information content (AvgIpc) is 2.37. The molecule has 0 atom stereocenters. The molecule has 0 heterocycles. The monoisotopic (exact) mass is 266 g/mol. The van der Waals surface area contributed by atoms with Gasteiger partial charge in [0.25, 0.3) is 0 Å². The Balaban J connectivity index is 2.66. The summed E-state index contributed by atoms with van der Waals surface area (Å²) in [7, 11) is 0. The third-order valence-corrected chi connectivity index (χ3v) is 3.44. The second-order valence-electron chi connectivity index (χ2n) is 3.64. The van der Waals surface area contributed by atoms with Crippen molar-refractivity contribution in [3.8, 4) is 6.07 Å². The molecule has 1 amide bonds. The van der Waals surface area contributed by atoms with Gasteiger partial charge in [-0.05, 0) is 32.0 Å². The van der Waals surface area contributed by atoms with Gasteiger partial charge in [0.05, 0.1) is 17.4 Å². The zero-order valence-electron chi connectivity index (χ0n) is 10.4. The molecule has 1 aromatic carbocycles. The van der Waals surface area contributed by atoms with Gasteiger partial charge in [-0.25, -0.2) is 4.39 Å². The van der Waals surface area contributed by atoms with Crippen molar-refractivity contribution in [1.29, 1.82) is 5.26 Å². The third-order valence-electron chi connectivity index (χ3n) is 2.48. The summed E-state index contributed by atoms with van der Waals surface area (Å²) in [4.78, 5) is 14.1. The highest BCUT2D eigenvalue weighted by Gasteiger charge is 2.10. The van der Waals surface area contributed by atoms with Crippen LogP contribution in [0.25, 0.3) is 0 Å². The van der Waals surface area contributed by atoms with E-state index in [1.165, 1.54) is 23.9 Å². The minimum atomic E-state index is -0.452. The van der Waals surface area contributed by atoms with Gasteiger partial charge in [0.15, 0.2) is 0 Å². The van der Waals surface area contributed by atoms with E-state index in [1.807, 2.05) is 19.9 Å². The Bertz CT molecular complexity index is 467. The molecule has 0 unspecified atom stereocenters. The van der Waals surface area contributed by atoms with E-state index in [0.29, 0.717) is 18.0 Å². The molecule has 18 heavy (non-hydrogen) atoms. The van der Waals surface area contributed by atoms with Crippen molar-refractivity contribution in [3.05, 3.63) is 29.6 Å². The molecule has 3 nitrogen and oxygen atoms in total. The number of hydrogen-bond acceptors (Lipinski definition) is 3. The zero-order chi connectivity index (χ0) is 13.5. The number of thioether (sulfide) groups is 1. The van der Waals surface area contributed by atoms with E-state index in [2.05, 4.69) is 0 Å². The van der Waals surface area contributed by atoms with Crippen LogP contribution in [0.15, 0.2) is 23.1 Å². The standard InChI is InChI=1S/C13H15FN2OS/c1-3-16(4-2)13(17)9-18-12-6-10(8-15)5-11(14)7-12/h5-7H,3-4,9H2,1-2H3. The van der Waals surface area contributed by atoms with Crippen LogP contribution in [0.1, 0.15) is 19.4 Å². The second kappa shape index (κ2) is 7.02. The molecule has 1 rings (SSSR count). The Kier molecular flexibility index (Phi) is 5.66. The first kappa shape index (κ1) is 14.5. The molecule has 0 spiro atoms. The SMILES string of the molecule is CCN(CC)C(=O)CSc1cc(F)cc(C#N)c1. The number of nitrogens with zero attached hydrogens (tertiary/aromatic N) is 2. The van der Waals surface area contributed by atoms with Crippen molar-refractivity contribution in [3.63, 3.8) is 0 Å². The predicted octanol–water partition coefficient (Wildman–Crippen LogP) is 2.66. The Morgan fingerprint density at radius 1 is 1.39 bits per heavy atom. The highest BCUT2D eigenvalue weighted by atomic mass is 32.2. The van der Waals surface area contributed by atoms with Gasteiger partial charge in [0.1, 0.15) is 5.82 Å². The van der Waals surface area contributed by atoms with E-state index in [4.69, 9.17) is 5.26 Å². The molecule has 0 saturated carbocycles. The number of benzene rings is 1. The predicted molar refractivity (Wildman–Crippen MR) is 69.8 cm³/mol. The largest absolute Gasteiger partial charge is 0.343 e. The smallest absolute Gasteiger partial charge is 0.232 e. The van der Waals surface area contributed by atoms with Crippen LogP contribution in [-0.2, 0) is 4.79 Å². The lowest BCUT2D eigenvalue weighted by Crippen LogP contribution is -2.31. The highest BCUT2D eigenvalue weighted by molar-refractivity contribution is 8.00. The van der Waals surface area contributed by atoms with Gasteiger partial charge in [-0.1, -0.05) is 0 Å². The number of halogens is 1. The summed E-state index contributed by atoms with van der Waals surface area (Å²) in [6.45, 7) is 5.18. The number of carbonyl (C=O) groups is 1. The molecule has 0 aliphatic rings. The summed E-state index contributed by atoms with van der Waals surface area (Å²) < 4.78 is 13.2. The fourth-order valence-electron chi connectivity index (χ4n) is 1.52. The number of hydrogen-bond donors (Lipinski definition) is 0. The molecule has 0 saturated heterocycles. The van der Waals surface area contributed by atoms with Crippen molar-refractivity contribution in [1.82, 2.24) is 4.90 Å². The Hall–Kier alpha value is -1.54. The Morgan fingerprint density at radius 3 is 2.61 bits per heavy atom. The lowest BCUT2D eigenvalue weighted by atomic mass is 10.2. The average molecular weight is 266 g/mol. The summed E-state index contributed by atoms with van der Waals surface area (Å²) >= 11 is 1.25. The fraction of sp³-hybridized carbons (Fsp3) is 0.385. The third kappa shape index (κ3) is 4.04. The second-order valence-corrected chi connectivity index (χ2v) is 4.69. The van der Waals surface area contributed by atoms with E-state index < -0.39 is 5.82 Å². The maximum Gasteiger partial charge on any atom is 0.232 e. The van der Waals surface area contributed by atoms with Gasteiger partial charge in [-0.2, -0.15) is 5.26 Å². The number of amides is 1. The Morgan fingerprint density at radius 2 is 2.06 bits per heavy atom. The maximum absolute atomic E-state index is 13.2. The molecule has 0 radical (unpaired) electrons. The van der Waals surface area contributed by atoms with Crippen LogP contribution in [0.2, 0.25) is 0 Å². The Labute approximate surface area is 111 Å². The minimum Gasteiger partial charge on any atom is -0.343 e. The molecule has 0 N–H and O–H groups in total. The number of carbonyl (C=O) groups excluding carboxylic acids is 1. The normalized spacial score (nSPS) is 9.89. The van der Waals surface area contributed by atoms with E-state index in [0.717, 1.165) is 0 Å². The lowest BCUT2D eigenvalue weighted by Gasteiger charge is -2.18. The molecular weight excluding hydrogens is 251 g/mol. The topological polar surface area (TPSA) is 44.1 Å². The van der Waals surface area contributed by atoms with E-state index in [1.54, 1.807) is 11.0 Å². The molecule has 0 aliphatic carbocycles. The molecular formula is C13H15FN2OS. The summed E-state index contributed by atoms with van der Waals surface area (Å²) in [6, 6.07) is 5.99. The van der Waals surface area contributed by atoms with E-state index in [-0.39, 0.29) is 17.2 Å². The van der Waals surface area contributed by atoms with E-state index in [9.17, 15) is 9.18 Å². The fourth-order valence-corrected chi connectivity index (χ4v) is 2.40. The molecule has 5 heteroatoms. The maximum atomic E-state index is 13.2. The number of rotatable bonds is 5. The van der Waals surface area contributed by atoms with Gasteiger partial charge in [0, 0.05) is 18.0 Å². The highest BCUT2D eigenvalue weighted by Crippen LogP contribution is 2.21. The molecule has 0 aliphatic heterocycles. The molecule has 96 valence electrons. The summed E-state index contributed by atoms with van der Waals surface area (Å²) in [5.41, 5.74) is 0.271. The van der Waals surface area contributed by atoms with Crippen molar-refractivity contribution >= 4 is 17.7 Å². The van der Waals surface area contributed by atoms with Crippen molar-refractivity contribution < 1.29 is 9.18 Å². The van der Waals surface area contributed by atoms with Gasteiger partial charge >= 0.3 is 0 Å². The summed E-state index contributed by atoms with van der Waals surface area (Å²) in [5, 5.41) is 8.73. The molecule has 0 fully saturated rings. The van der Waals surface area contributed by atoms with Crippen LogP contribution >= 0.6 is 11.8 Å². The van der Waals surface area contributed by atoms with Gasteiger partial charge in [0.2, 0.25) is 5.91 Å². The molecule has 1 aromatic rings. The van der Waals surface area contributed by atoms with Crippen LogP contribution in [0.4, 0.5) is 4.39 Å². The minimum absolute atomic E-state index is 0.0211. The van der Waals surface area contributed by atoms with Crippen LogP contribution in [-0.4, -0.2) is 29.6 Å². The van der Waals surface area contributed by atoms with Crippen LogP contribution in [0.3, 0.4) is 0 Å². The lowest BCUT2D eigenvalue weighted by molar-refractivity contribution is -0.127. The summed E-state index contributed by atoms with van der Waals surface area (Å²) in [6.07, 6.45) is 0. The van der Waals surface area contributed by atoms with Crippen molar-refractivity contribution in [2.24, 2.45) is 0 Å². The van der Waals surface area contributed by atoms with Gasteiger partial charge < -0.3 is 4.90 Å². The summed E-state index contributed by atoms with van der Waals surface area (Å²) in [5.74, 6) is -0.171. The van der Waals surface area contributed by atoms with Gasteiger partial charge in [-0.3, -0.25) is 4.79 Å². The molecule has 0 aromatic heterocycles. The first-order valence-corrected chi connectivity index (χ1v) is 6.70. The van der Waals surface area contributed by atoms with Crippen molar-refractivity contribution in [2.45, 2.75) is 18.7 Å². The van der Waals surface area contributed by atoms with E-state index >= 15 is 0 Å². The molecule has 0 bridgehead atoms. The quantitative estimate of drug-likeness (QED) is 0.770.